The zero-order chi connectivity index (χ0) is 19.1. The van der Waals surface area contributed by atoms with E-state index in [4.69, 9.17) is 4.74 Å². The molecule has 2 aromatic rings. The second-order valence-electron chi connectivity index (χ2n) is 5.49. The van der Waals surface area contributed by atoms with Gasteiger partial charge in [0, 0.05) is 18.3 Å². The first kappa shape index (κ1) is 19.4. The first-order valence-electron chi connectivity index (χ1n) is 7.76. The molecule has 2 amide bonds. The number of hydrogen-bond acceptors (Lipinski definition) is 6. The van der Waals surface area contributed by atoms with Gasteiger partial charge in [-0.3, -0.25) is 10.3 Å². The van der Waals surface area contributed by atoms with E-state index in [1.807, 2.05) is 6.92 Å². The van der Waals surface area contributed by atoms with Crippen molar-refractivity contribution in [3.8, 4) is 17.6 Å². The van der Waals surface area contributed by atoms with E-state index < -0.39 is 12.1 Å². The molecule has 8 heteroatoms. The lowest BCUT2D eigenvalue weighted by Gasteiger charge is -2.11. The second-order valence-corrected chi connectivity index (χ2v) is 6.49. The summed E-state index contributed by atoms with van der Waals surface area (Å²) in [5, 5.41) is 15.2. The molecule has 0 aromatic carbocycles. The number of urea groups is 1. The van der Waals surface area contributed by atoms with Crippen molar-refractivity contribution in [1.82, 2.24) is 15.3 Å². The summed E-state index contributed by atoms with van der Waals surface area (Å²) in [5.74, 6) is 6.66. The Morgan fingerprint density at radius 3 is 2.92 bits per heavy atom. The highest BCUT2D eigenvalue weighted by Crippen LogP contribution is 2.21. The number of aromatic nitrogens is 2. The van der Waals surface area contributed by atoms with Gasteiger partial charge in [0.15, 0.2) is 5.13 Å². The lowest BCUT2D eigenvalue weighted by atomic mass is 10.2. The van der Waals surface area contributed by atoms with Crippen LogP contribution >= 0.6 is 11.3 Å². The molecule has 0 spiro atoms. The summed E-state index contributed by atoms with van der Waals surface area (Å²) in [6.07, 6.45) is 2.47. The molecule has 3 N–H and O–H groups in total. The van der Waals surface area contributed by atoms with Gasteiger partial charge in [-0.1, -0.05) is 29.4 Å². The van der Waals surface area contributed by atoms with Gasteiger partial charge in [-0.25, -0.2) is 9.78 Å². The third-order valence-corrected chi connectivity index (χ3v) is 4.30. The van der Waals surface area contributed by atoms with E-state index in [9.17, 15) is 9.90 Å². The molecule has 26 heavy (non-hydrogen) atoms. The first-order chi connectivity index (χ1) is 12.4. The summed E-state index contributed by atoms with van der Waals surface area (Å²) in [6, 6.07) is 1.34. The summed E-state index contributed by atoms with van der Waals surface area (Å²) in [5.41, 5.74) is 2.02. The van der Waals surface area contributed by atoms with Crippen LogP contribution in [0.4, 0.5) is 9.93 Å². The number of aliphatic hydroxyl groups excluding tert-OH is 1. The Morgan fingerprint density at radius 1 is 1.46 bits per heavy atom. The van der Waals surface area contributed by atoms with Crippen molar-refractivity contribution >= 4 is 22.5 Å². The lowest BCUT2D eigenvalue weighted by Crippen LogP contribution is -2.35. The molecule has 0 bridgehead atoms. The Balaban J connectivity index is 2.01. The first-order valence-corrected chi connectivity index (χ1v) is 8.57. The number of thiazole rings is 1. The maximum Gasteiger partial charge on any atom is 0.321 e. The summed E-state index contributed by atoms with van der Waals surface area (Å²) < 4.78 is 5.12. The minimum atomic E-state index is -0.781. The molecular weight excluding hydrogens is 352 g/mol. The van der Waals surface area contributed by atoms with Crippen LogP contribution in [0.2, 0.25) is 0 Å². The molecule has 1 unspecified atom stereocenters. The molecule has 0 fully saturated rings. The molecule has 0 saturated heterocycles. The number of rotatable bonds is 5. The van der Waals surface area contributed by atoms with Crippen molar-refractivity contribution in [3.05, 3.63) is 46.7 Å². The number of aliphatic hydroxyl groups is 1. The highest BCUT2D eigenvalue weighted by Gasteiger charge is 2.11. The predicted octanol–water partition coefficient (Wildman–Crippen LogP) is 2.31. The van der Waals surface area contributed by atoms with E-state index in [1.54, 1.807) is 32.5 Å². The second kappa shape index (κ2) is 8.99. The summed E-state index contributed by atoms with van der Waals surface area (Å²) in [4.78, 5) is 20.9. The maximum absolute atomic E-state index is 11.9. The molecule has 0 aliphatic rings. The number of ether oxygens (including phenoxy) is 1. The van der Waals surface area contributed by atoms with Gasteiger partial charge in [0.05, 0.1) is 25.1 Å². The summed E-state index contributed by atoms with van der Waals surface area (Å²) >= 11 is 1.27. The Kier molecular flexibility index (Phi) is 6.72. The Hall–Kier alpha value is -2.89. The van der Waals surface area contributed by atoms with Crippen molar-refractivity contribution in [2.24, 2.45) is 0 Å². The molecule has 0 radical (unpaired) electrons. The maximum atomic E-state index is 11.9. The number of nitrogens with zero attached hydrogens (tertiary/aromatic N) is 2. The van der Waals surface area contributed by atoms with Gasteiger partial charge in [0.2, 0.25) is 0 Å². The smallest absolute Gasteiger partial charge is 0.321 e. The molecule has 0 saturated carbocycles. The average molecular weight is 372 g/mol. The van der Waals surface area contributed by atoms with Crippen molar-refractivity contribution in [2.45, 2.75) is 20.0 Å². The highest BCUT2D eigenvalue weighted by atomic mass is 32.1. The fourth-order valence-corrected chi connectivity index (χ4v) is 2.61. The zero-order valence-electron chi connectivity index (χ0n) is 14.8. The van der Waals surface area contributed by atoms with Crippen LogP contribution in [0.25, 0.3) is 0 Å². The van der Waals surface area contributed by atoms with E-state index in [0.29, 0.717) is 16.5 Å². The van der Waals surface area contributed by atoms with Crippen LogP contribution in [-0.2, 0) is 0 Å². The van der Waals surface area contributed by atoms with Crippen LogP contribution in [-0.4, -0.2) is 40.9 Å². The molecule has 0 aliphatic heterocycles. The zero-order valence-corrected chi connectivity index (χ0v) is 15.6. The Labute approximate surface area is 156 Å². The van der Waals surface area contributed by atoms with Gasteiger partial charge in [0.1, 0.15) is 10.6 Å². The van der Waals surface area contributed by atoms with Gasteiger partial charge in [0.25, 0.3) is 0 Å². The third-order valence-electron chi connectivity index (χ3n) is 3.31. The molecule has 7 nitrogen and oxygen atoms in total. The van der Waals surface area contributed by atoms with Crippen LogP contribution in [0.15, 0.2) is 30.6 Å². The van der Waals surface area contributed by atoms with Gasteiger partial charge < -0.3 is 15.2 Å². The van der Waals surface area contributed by atoms with Crippen molar-refractivity contribution < 1.29 is 14.6 Å². The van der Waals surface area contributed by atoms with Crippen LogP contribution in [0.3, 0.4) is 0 Å². The Bertz CT molecular complexity index is 867. The number of carbonyl (C=O) groups excluding carboxylic acids is 1. The van der Waals surface area contributed by atoms with Gasteiger partial charge in [-0.15, -0.1) is 0 Å². The SMILES string of the molecule is C=C(C)C(O)CNC(=O)Nc1nc(C)c(C#Cc2cncc(OC)c2)s1. The van der Waals surface area contributed by atoms with Gasteiger partial charge in [-0.05, 0) is 25.8 Å². The number of carbonyl (C=O) groups is 1. The summed E-state index contributed by atoms with van der Waals surface area (Å²) in [6.45, 7) is 7.22. The fraction of sp³-hybridized carbons (Fsp3) is 0.278. The number of methoxy groups -OCH3 is 1. The highest BCUT2D eigenvalue weighted by molar-refractivity contribution is 7.16. The molecule has 0 aliphatic carbocycles. The monoisotopic (exact) mass is 372 g/mol. The largest absolute Gasteiger partial charge is 0.495 e. The normalized spacial score (nSPS) is 11.1. The van der Waals surface area contributed by atoms with Crippen molar-refractivity contribution in [1.29, 1.82) is 0 Å². The van der Waals surface area contributed by atoms with E-state index in [0.717, 1.165) is 16.1 Å². The van der Waals surface area contributed by atoms with E-state index in [2.05, 4.69) is 39.0 Å². The summed E-state index contributed by atoms with van der Waals surface area (Å²) in [7, 11) is 1.57. The van der Waals surface area contributed by atoms with E-state index >= 15 is 0 Å². The quantitative estimate of drug-likeness (QED) is 0.553. The molecule has 2 heterocycles. The van der Waals surface area contributed by atoms with Crippen molar-refractivity contribution in [3.63, 3.8) is 0 Å². The molecule has 1 atom stereocenters. The minimum absolute atomic E-state index is 0.0844. The number of aryl methyl sites for hydroxylation is 1. The molecule has 136 valence electrons. The molecule has 2 aromatic heterocycles. The number of anilines is 1. The third kappa shape index (κ3) is 5.58. The molecule has 2 rings (SSSR count). The topological polar surface area (TPSA) is 96.4 Å². The van der Waals surface area contributed by atoms with Crippen LogP contribution in [0, 0.1) is 18.8 Å². The molecular formula is C18H20N4O3S. The number of hydrogen-bond donors (Lipinski definition) is 3. The fourth-order valence-electron chi connectivity index (χ4n) is 1.80. The van der Waals surface area contributed by atoms with Gasteiger partial charge in [-0.2, -0.15) is 0 Å². The van der Waals surface area contributed by atoms with Crippen molar-refractivity contribution in [2.75, 3.05) is 19.0 Å². The van der Waals surface area contributed by atoms with Crippen LogP contribution in [0.5, 0.6) is 5.75 Å². The Morgan fingerprint density at radius 2 is 2.23 bits per heavy atom. The lowest BCUT2D eigenvalue weighted by molar-refractivity contribution is 0.204. The standard InChI is InChI=1S/C18H20N4O3S/c1-11(2)15(23)10-20-17(24)22-18-21-12(3)16(26-18)6-5-13-7-14(25-4)9-19-8-13/h7-9,15,23H,1,10H2,2-4H3,(H2,20,21,22,24). The predicted molar refractivity (Wildman–Crippen MR) is 101 cm³/mol. The number of pyridine rings is 1. The number of amides is 2. The number of nitrogens with one attached hydrogen (secondary N) is 2. The minimum Gasteiger partial charge on any atom is -0.495 e. The average Bonchev–Trinajstić information content (AvgIpc) is 2.97. The van der Waals surface area contributed by atoms with Crippen LogP contribution < -0.4 is 15.4 Å². The van der Waals surface area contributed by atoms with Gasteiger partial charge >= 0.3 is 6.03 Å². The van der Waals surface area contributed by atoms with E-state index in [-0.39, 0.29) is 6.54 Å². The van der Waals surface area contributed by atoms with Crippen LogP contribution in [0.1, 0.15) is 23.1 Å². The van der Waals surface area contributed by atoms with E-state index in [1.165, 1.54) is 11.3 Å².